The van der Waals surface area contributed by atoms with Gasteiger partial charge in [-0.1, -0.05) is 66.2 Å². The van der Waals surface area contributed by atoms with Crippen molar-refractivity contribution >= 4 is 46.8 Å². The Morgan fingerprint density at radius 1 is 0.947 bits per heavy atom. The summed E-state index contributed by atoms with van der Waals surface area (Å²) in [6.07, 6.45) is 7.95. The quantitative estimate of drug-likeness (QED) is 0.580. The Morgan fingerprint density at radius 2 is 1.71 bits per heavy atom. The summed E-state index contributed by atoms with van der Waals surface area (Å²) in [5, 5.41) is 10.2. The van der Waals surface area contributed by atoms with Crippen LogP contribution in [-0.2, 0) is 20.9 Å². The number of benzene rings is 2. The molecular formula is C29H28ClN3O4S. The topological polar surface area (TPSA) is 81.2 Å². The fraction of sp³-hybridized carbons (Fsp3) is 0.345. The van der Waals surface area contributed by atoms with Crippen LogP contribution in [0.25, 0.3) is 0 Å². The number of β-amino-alcohol motifs (C(OH)–C–C–N with tert-alkyl or cyclic N) is 1. The molecule has 0 aromatic heterocycles. The van der Waals surface area contributed by atoms with Crippen LogP contribution >= 0.6 is 23.4 Å². The summed E-state index contributed by atoms with van der Waals surface area (Å²) < 4.78 is -0.907. The molecule has 1 unspecified atom stereocenters. The highest BCUT2D eigenvalue weighted by Crippen LogP contribution is 2.61. The predicted octanol–water partition coefficient (Wildman–Crippen LogP) is 3.13. The van der Waals surface area contributed by atoms with Gasteiger partial charge in [-0.2, -0.15) is 0 Å². The lowest BCUT2D eigenvalue weighted by atomic mass is 9.78. The van der Waals surface area contributed by atoms with Crippen molar-refractivity contribution in [2.75, 3.05) is 31.1 Å². The van der Waals surface area contributed by atoms with Crippen molar-refractivity contribution in [3.63, 3.8) is 0 Å². The minimum atomic E-state index is -0.907. The van der Waals surface area contributed by atoms with Crippen molar-refractivity contribution in [1.82, 2.24) is 9.80 Å². The van der Waals surface area contributed by atoms with Gasteiger partial charge in [-0.15, -0.1) is 11.8 Å². The Kier molecular flexibility index (Phi) is 6.58. The molecule has 0 bridgehead atoms. The number of hydrogen-bond donors (Lipinski definition) is 1. The maximum Gasteiger partial charge on any atom is 0.251 e. The fourth-order valence-corrected chi connectivity index (χ4v) is 8.47. The number of halogens is 1. The maximum atomic E-state index is 14.2. The molecule has 2 saturated heterocycles. The van der Waals surface area contributed by atoms with Gasteiger partial charge >= 0.3 is 0 Å². The number of anilines is 1. The van der Waals surface area contributed by atoms with Gasteiger partial charge in [0.05, 0.1) is 23.2 Å². The van der Waals surface area contributed by atoms with Crippen molar-refractivity contribution < 1.29 is 19.5 Å². The second-order valence-electron chi connectivity index (χ2n) is 10.1. The molecule has 1 N–H and O–H groups in total. The molecule has 0 radical (unpaired) electrons. The number of carbonyl (C=O) groups excluding carboxylic acids is 3. The summed E-state index contributed by atoms with van der Waals surface area (Å²) in [6.45, 7) is 1.03. The van der Waals surface area contributed by atoms with Crippen LogP contribution in [0.15, 0.2) is 78.9 Å². The van der Waals surface area contributed by atoms with E-state index >= 15 is 0 Å². The molecule has 4 aliphatic rings. The number of hydrogen-bond acceptors (Lipinski definition) is 5. The van der Waals surface area contributed by atoms with Crippen LogP contribution in [0.1, 0.15) is 5.56 Å². The smallest absolute Gasteiger partial charge is 0.251 e. The molecule has 196 valence electrons. The molecule has 6 rings (SSSR count). The largest absolute Gasteiger partial charge is 0.395 e. The molecule has 4 heterocycles. The average molecular weight is 550 g/mol. The van der Waals surface area contributed by atoms with Gasteiger partial charge in [0.25, 0.3) is 5.91 Å². The van der Waals surface area contributed by atoms with E-state index in [0.29, 0.717) is 30.3 Å². The Hall–Kier alpha value is -3.07. The Morgan fingerprint density at radius 3 is 2.45 bits per heavy atom. The normalized spacial score (nSPS) is 30.3. The van der Waals surface area contributed by atoms with Crippen molar-refractivity contribution in [2.24, 2.45) is 11.8 Å². The van der Waals surface area contributed by atoms with Gasteiger partial charge in [0.2, 0.25) is 11.8 Å². The molecule has 38 heavy (non-hydrogen) atoms. The third-order valence-corrected chi connectivity index (χ3v) is 9.93. The Bertz CT molecular complexity index is 1320. The molecule has 2 fully saturated rings. The third-order valence-electron chi connectivity index (χ3n) is 7.94. The molecule has 7 nitrogen and oxygen atoms in total. The molecule has 9 heteroatoms. The number of likely N-dealkylation sites (tertiary alicyclic amines) is 1. The van der Waals surface area contributed by atoms with Gasteiger partial charge in [0.1, 0.15) is 6.04 Å². The van der Waals surface area contributed by atoms with Crippen LogP contribution < -0.4 is 4.90 Å². The summed E-state index contributed by atoms with van der Waals surface area (Å²) in [7, 11) is 0. The van der Waals surface area contributed by atoms with Crippen LogP contribution in [0.5, 0.6) is 0 Å². The second kappa shape index (κ2) is 9.91. The highest BCUT2D eigenvalue weighted by molar-refractivity contribution is 8.02. The lowest BCUT2D eigenvalue weighted by molar-refractivity contribution is -0.143. The zero-order valence-corrected chi connectivity index (χ0v) is 22.2. The molecule has 0 saturated carbocycles. The molecule has 0 aliphatic carbocycles. The second-order valence-corrected chi connectivity index (χ2v) is 12.0. The lowest BCUT2D eigenvalue weighted by Crippen LogP contribution is -2.53. The van der Waals surface area contributed by atoms with E-state index in [4.69, 9.17) is 11.6 Å². The van der Waals surface area contributed by atoms with E-state index in [1.807, 2.05) is 54.6 Å². The van der Waals surface area contributed by atoms with Crippen molar-refractivity contribution in [3.8, 4) is 0 Å². The molecule has 2 aromatic carbocycles. The van der Waals surface area contributed by atoms with E-state index in [-0.39, 0.29) is 36.1 Å². The van der Waals surface area contributed by atoms with Gasteiger partial charge in [-0.3, -0.25) is 14.4 Å². The van der Waals surface area contributed by atoms with E-state index in [0.717, 1.165) is 5.56 Å². The molecular weight excluding hydrogens is 522 g/mol. The van der Waals surface area contributed by atoms with Gasteiger partial charge in [0, 0.05) is 42.1 Å². The number of thioether (sulfide) groups is 1. The molecule has 2 aromatic rings. The van der Waals surface area contributed by atoms with Crippen LogP contribution in [0.3, 0.4) is 0 Å². The minimum Gasteiger partial charge on any atom is -0.395 e. The zero-order chi connectivity index (χ0) is 26.4. The first-order valence-electron chi connectivity index (χ1n) is 12.8. The lowest BCUT2D eigenvalue weighted by Gasteiger charge is -2.35. The van der Waals surface area contributed by atoms with Crippen LogP contribution in [0.2, 0.25) is 5.02 Å². The summed E-state index contributed by atoms with van der Waals surface area (Å²) in [4.78, 5) is 47.3. The van der Waals surface area contributed by atoms with E-state index in [9.17, 15) is 19.5 Å². The van der Waals surface area contributed by atoms with Crippen LogP contribution in [-0.4, -0.2) is 74.9 Å². The number of aliphatic hydroxyl groups is 1. The molecule has 5 atom stereocenters. The van der Waals surface area contributed by atoms with E-state index < -0.39 is 22.6 Å². The number of aliphatic hydroxyl groups excluding tert-OH is 1. The first-order valence-corrected chi connectivity index (χ1v) is 14.0. The number of amides is 3. The monoisotopic (exact) mass is 549 g/mol. The van der Waals surface area contributed by atoms with Crippen LogP contribution in [0.4, 0.5) is 5.69 Å². The Balaban J connectivity index is 1.39. The molecule has 3 amide bonds. The fourth-order valence-electron chi connectivity index (χ4n) is 6.34. The molecule has 4 aliphatic heterocycles. The predicted molar refractivity (Wildman–Crippen MR) is 148 cm³/mol. The summed E-state index contributed by atoms with van der Waals surface area (Å²) in [5.74, 6) is -1.84. The van der Waals surface area contributed by atoms with Crippen LogP contribution in [0, 0.1) is 11.8 Å². The first kappa shape index (κ1) is 25.2. The maximum absolute atomic E-state index is 14.2. The highest BCUT2D eigenvalue weighted by Gasteiger charge is 2.71. The summed E-state index contributed by atoms with van der Waals surface area (Å²) >= 11 is 7.62. The van der Waals surface area contributed by atoms with E-state index in [1.54, 1.807) is 34.1 Å². The average Bonchev–Trinajstić information content (AvgIpc) is 3.23. The van der Waals surface area contributed by atoms with Gasteiger partial charge in [-0.25, -0.2) is 0 Å². The number of carbonyl (C=O) groups is 3. The molecule has 1 spiro atoms. The first-order chi connectivity index (χ1) is 18.4. The summed E-state index contributed by atoms with van der Waals surface area (Å²) in [5.41, 5.74) is 1.71. The summed E-state index contributed by atoms with van der Waals surface area (Å²) in [6, 6.07) is 16.0. The zero-order valence-electron chi connectivity index (χ0n) is 20.7. The number of nitrogens with zero attached hydrogens (tertiary/aromatic N) is 3. The third kappa shape index (κ3) is 3.97. The standard InChI is InChI=1S/C29H28ClN3O4S/c30-20-9-11-21(12-10-20)32-15-5-13-29-24(27(36)33(16-17-34)25(29)28(32)37)23-22(38-29)8-4-14-31(26(23)35)18-19-6-2-1-3-7-19/h1-13,22-25,34H,14-18H2/t22-,23+,24+,25?,29+/m1/s1. The van der Waals surface area contributed by atoms with Crippen molar-refractivity contribution in [1.29, 1.82) is 0 Å². The number of fused-ring (bicyclic) bond motifs is 2. The van der Waals surface area contributed by atoms with Gasteiger partial charge < -0.3 is 19.8 Å². The Labute approximate surface area is 230 Å². The minimum absolute atomic E-state index is 0.0332. The van der Waals surface area contributed by atoms with Crippen molar-refractivity contribution in [2.45, 2.75) is 22.6 Å². The van der Waals surface area contributed by atoms with E-state index in [1.165, 1.54) is 16.7 Å². The highest BCUT2D eigenvalue weighted by atomic mass is 35.5. The van der Waals surface area contributed by atoms with E-state index in [2.05, 4.69) is 0 Å². The number of rotatable bonds is 5. The van der Waals surface area contributed by atoms with Gasteiger partial charge in [0.15, 0.2) is 0 Å². The van der Waals surface area contributed by atoms with Gasteiger partial charge in [-0.05, 0) is 29.8 Å². The SMILES string of the molecule is O=C1[C@@H]2[C@H]3C(=O)N(CCO)C4C(=O)N(c5ccc(Cl)cc5)CC=C[C@@]43S[C@@H]2C=CCN1Cc1ccccc1. The van der Waals surface area contributed by atoms with Crippen molar-refractivity contribution in [3.05, 3.63) is 89.5 Å².